The fourth-order valence-corrected chi connectivity index (χ4v) is 2.38. The highest BCUT2D eigenvalue weighted by atomic mass is 16.5. The van der Waals surface area contributed by atoms with Gasteiger partial charge in [0.1, 0.15) is 0 Å². The lowest BCUT2D eigenvalue weighted by Crippen LogP contribution is -2.44. The molecule has 0 radical (unpaired) electrons. The highest BCUT2D eigenvalue weighted by Crippen LogP contribution is 2.27. The summed E-state index contributed by atoms with van der Waals surface area (Å²) in [4.78, 5) is 16.4. The summed E-state index contributed by atoms with van der Waals surface area (Å²) >= 11 is 0. The van der Waals surface area contributed by atoms with E-state index >= 15 is 0 Å². The van der Waals surface area contributed by atoms with Crippen molar-refractivity contribution in [2.75, 3.05) is 25.1 Å². The summed E-state index contributed by atoms with van der Waals surface area (Å²) in [6.45, 7) is 7.05. The second-order valence-corrected chi connectivity index (χ2v) is 5.79. The van der Waals surface area contributed by atoms with Crippen molar-refractivity contribution in [1.29, 1.82) is 0 Å². The van der Waals surface area contributed by atoms with Gasteiger partial charge >= 0.3 is 0 Å². The molecule has 1 amide bonds. The van der Waals surface area contributed by atoms with Crippen LogP contribution in [0.5, 0.6) is 0 Å². The zero-order chi connectivity index (χ0) is 13.5. The van der Waals surface area contributed by atoms with Crippen LogP contribution in [-0.4, -0.2) is 46.5 Å². The van der Waals surface area contributed by atoms with Gasteiger partial charge in [0, 0.05) is 18.5 Å². The quantitative estimate of drug-likeness (QED) is 0.801. The van der Waals surface area contributed by atoms with E-state index in [4.69, 9.17) is 4.74 Å². The van der Waals surface area contributed by atoms with Gasteiger partial charge in [0.15, 0.2) is 0 Å². The van der Waals surface area contributed by atoms with E-state index in [2.05, 4.69) is 34.6 Å². The molecule has 1 aromatic heterocycles. The molecule has 0 aliphatic carbocycles. The van der Waals surface area contributed by atoms with Gasteiger partial charge in [-0.1, -0.05) is 13.8 Å². The van der Waals surface area contributed by atoms with Crippen molar-refractivity contribution >= 4 is 11.9 Å². The molecule has 3 heterocycles. The van der Waals surface area contributed by atoms with Crippen molar-refractivity contribution in [2.45, 2.75) is 32.9 Å². The molecule has 2 N–H and O–H groups in total. The van der Waals surface area contributed by atoms with Crippen LogP contribution in [0.4, 0.5) is 5.95 Å². The van der Waals surface area contributed by atoms with E-state index < -0.39 is 0 Å². The minimum atomic E-state index is -0.229. The molecule has 1 unspecified atom stereocenters. The number of hydrogen-bond donors (Lipinski definition) is 2. The third kappa shape index (κ3) is 2.30. The Morgan fingerprint density at radius 3 is 3.11 bits per heavy atom. The van der Waals surface area contributed by atoms with Crippen LogP contribution in [0, 0.1) is 5.41 Å². The Balaban J connectivity index is 1.72. The Kier molecular flexibility index (Phi) is 2.93. The first-order valence-corrected chi connectivity index (χ1v) is 6.63. The number of nitrogens with one attached hydrogen (secondary N) is 2. The number of aryl methyl sites for hydroxylation is 1. The number of rotatable bonds is 2. The molecule has 1 fully saturated rings. The van der Waals surface area contributed by atoms with Gasteiger partial charge in [0.05, 0.1) is 19.3 Å². The fourth-order valence-electron chi connectivity index (χ4n) is 2.38. The minimum Gasteiger partial charge on any atom is -0.379 e. The van der Waals surface area contributed by atoms with Gasteiger partial charge in [-0.25, -0.2) is 4.68 Å². The summed E-state index contributed by atoms with van der Waals surface area (Å²) in [5.41, 5.74) is -0.0484. The maximum absolute atomic E-state index is 12.2. The maximum atomic E-state index is 12.2. The lowest BCUT2D eigenvalue weighted by atomic mass is 9.88. The normalized spacial score (nSPS) is 24.6. The topological polar surface area (TPSA) is 81.1 Å². The molecule has 0 bridgehead atoms. The summed E-state index contributed by atoms with van der Waals surface area (Å²) in [5, 5.41) is 10.3. The molecule has 1 atom stereocenters. The third-order valence-electron chi connectivity index (χ3n) is 3.71. The SMILES string of the molecule is CC1(C)COCC1NC(=O)c1nc2n(n1)CCCN2. The average molecular weight is 265 g/mol. The van der Waals surface area contributed by atoms with Gasteiger partial charge in [-0.3, -0.25) is 4.79 Å². The molecule has 7 heteroatoms. The number of fused-ring (bicyclic) bond motifs is 1. The van der Waals surface area contributed by atoms with Crippen molar-refractivity contribution in [1.82, 2.24) is 20.1 Å². The van der Waals surface area contributed by atoms with Gasteiger partial charge in [-0.2, -0.15) is 4.98 Å². The highest BCUT2D eigenvalue weighted by molar-refractivity contribution is 5.91. The van der Waals surface area contributed by atoms with E-state index in [9.17, 15) is 4.79 Å². The van der Waals surface area contributed by atoms with E-state index in [0.29, 0.717) is 19.2 Å². The molecule has 7 nitrogen and oxygen atoms in total. The number of aromatic nitrogens is 3. The fraction of sp³-hybridized carbons (Fsp3) is 0.750. The summed E-state index contributed by atoms with van der Waals surface area (Å²) in [6.07, 6.45) is 1.00. The standard InChI is InChI=1S/C12H19N5O2/c1-12(2)7-19-6-8(12)14-10(18)9-15-11-13-4-3-5-17(11)16-9/h8H,3-7H2,1-2H3,(H,14,18)(H,13,15,16). The smallest absolute Gasteiger partial charge is 0.291 e. The summed E-state index contributed by atoms with van der Waals surface area (Å²) < 4.78 is 7.16. The molecule has 19 heavy (non-hydrogen) atoms. The van der Waals surface area contributed by atoms with Crippen molar-refractivity contribution in [3.8, 4) is 0 Å². The van der Waals surface area contributed by atoms with Crippen molar-refractivity contribution in [2.24, 2.45) is 5.41 Å². The monoisotopic (exact) mass is 265 g/mol. The Hall–Kier alpha value is -1.63. The first-order valence-electron chi connectivity index (χ1n) is 6.63. The zero-order valence-corrected chi connectivity index (χ0v) is 11.3. The van der Waals surface area contributed by atoms with Gasteiger partial charge in [0.25, 0.3) is 5.91 Å². The number of amides is 1. The molecule has 2 aliphatic heterocycles. The largest absolute Gasteiger partial charge is 0.379 e. The van der Waals surface area contributed by atoms with Crippen LogP contribution in [0.15, 0.2) is 0 Å². The van der Waals surface area contributed by atoms with Gasteiger partial charge < -0.3 is 15.4 Å². The molecule has 1 saturated heterocycles. The summed E-state index contributed by atoms with van der Waals surface area (Å²) in [7, 11) is 0. The number of nitrogens with zero attached hydrogens (tertiary/aromatic N) is 3. The van der Waals surface area contributed by atoms with Crippen LogP contribution in [0.2, 0.25) is 0 Å². The first-order chi connectivity index (χ1) is 9.06. The number of hydrogen-bond acceptors (Lipinski definition) is 5. The molecule has 0 aromatic carbocycles. The number of ether oxygens (including phenoxy) is 1. The maximum Gasteiger partial charge on any atom is 0.291 e. The lowest BCUT2D eigenvalue weighted by molar-refractivity contribution is 0.0904. The molecule has 1 aromatic rings. The molecule has 0 saturated carbocycles. The highest BCUT2D eigenvalue weighted by Gasteiger charge is 2.37. The predicted octanol–water partition coefficient (Wildman–Crippen LogP) is 0.248. The average Bonchev–Trinajstić information content (AvgIpc) is 2.93. The zero-order valence-electron chi connectivity index (χ0n) is 11.3. The Morgan fingerprint density at radius 1 is 1.58 bits per heavy atom. The van der Waals surface area contributed by atoms with E-state index in [1.807, 2.05) is 0 Å². The van der Waals surface area contributed by atoms with E-state index in [0.717, 1.165) is 19.5 Å². The second-order valence-electron chi connectivity index (χ2n) is 5.79. The minimum absolute atomic E-state index is 0.00786. The third-order valence-corrected chi connectivity index (χ3v) is 3.71. The van der Waals surface area contributed by atoms with Crippen LogP contribution in [-0.2, 0) is 11.3 Å². The summed E-state index contributed by atoms with van der Waals surface area (Å²) in [5.74, 6) is 0.678. The van der Waals surface area contributed by atoms with E-state index in [1.165, 1.54) is 0 Å². The Bertz CT molecular complexity index is 473. The summed E-state index contributed by atoms with van der Waals surface area (Å²) in [6, 6.07) is 0.00786. The number of carbonyl (C=O) groups excluding carboxylic acids is 1. The van der Waals surface area contributed by atoms with Crippen LogP contribution >= 0.6 is 0 Å². The van der Waals surface area contributed by atoms with Gasteiger partial charge in [-0.15, -0.1) is 5.10 Å². The van der Waals surface area contributed by atoms with Crippen molar-refractivity contribution < 1.29 is 9.53 Å². The Labute approximate surface area is 111 Å². The van der Waals surface area contributed by atoms with Crippen LogP contribution in [0.1, 0.15) is 30.9 Å². The van der Waals surface area contributed by atoms with E-state index in [-0.39, 0.29) is 23.2 Å². The predicted molar refractivity (Wildman–Crippen MR) is 69.0 cm³/mol. The Morgan fingerprint density at radius 2 is 2.42 bits per heavy atom. The van der Waals surface area contributed by atoms with Crippen molar-refractivity contribution in [3.05, 3.63) is 5.82 Å². The molecule has 2 aliphatic rings. The second kappa shape index (κ2) is 4.48. The van der Waals surface area contributed by atoms with E-state index in [1.54, 1.807) is 4.68 Å². The van der Waals surface area contributed by atoms with Crippen molar-refractivity contribution in [3.63, 3.8) is 0 Å². The molecular weight excluding hydrogens is 246 g/mol. The number of carbonyl (C=O) groups is 1. The molecule has 0 spiro atoms. The van der Waals surface area contributed by atoms with Crippen LogP contribution in [0.3, 0.4) is 0 Å². The number of anilines is 1. The molecular formula is C12H19N5O2. The lowest BCUT2D eigenvalue weighted by Gasteiger charge is -2.24. The van der Waals surface area contributed by atoms with Crippen LogP contribution in [0.25, 0.3) is 0 Å². The molecule has 104 valence electrons. The first kappa shape index (κ1) is 12.4. The van der Waals surface area contributed by atoms with Gasteiger partial charge in [0.2, 0.25) is 11.8 Å². The van der Waals surface area contributed by atoms with Crippen LogP contribution < -0.4 is 10.6 Å². The molecule has 3 rings (SSSR count). The van der Waals surface area contributed by atoms with Gasteiger partial charge in [-0.05, 0) is 6.42 Å².